The third-order valence-electron chi connectivity index (χ3n) is 3.61. The van der Waals surface area contributed by atoms with Gasteiger partial charge in [-0.1, -0.05) is 11.6 Å². The highest BCUT2D eigenvalue weighted by Gasteiger charge is 2.11. The summed E-state index contributed by atoms with van der Waals surface area (Å²) in [6, 6.07) is 0. The van der Waals surface area contributed by atoms with Crippen molar-refractivity contribution >= 4 is 17.4 Å². The molecule has 2 rings (SSSR count). The Hall–Kier alpha value is -0.870. The number of aromatic nitrogens is 2. The SMILES string of the molecule is Cc1c(Cl)nnc(NCCCN2CCCC2)c1C. The molecule has 2 heterocycles. The summed E-state index contributed by atoms with van der Waals surface area (Å²) in [6.45, 7) is 8.64. The fourth-order valence-electron chi connectivity index (χ4n) is 2.26. The van der Waals surface area contributed by atoms with Crippen molar-refractivity contribution in [2.45, 2.75) is 33.1 Å². The molecule has 0 spiro atoms. The van der Waals surface area contributed by atoms with E-state index in [0.717, 1.165) is 29.9 Å². The number of hydrogen-bond donors (Lipinski definition) is 1. The lowest BCUT2D eigenvalue weighted by molar-refractivity contribution is 0.337. The molecule has 4 nitrogen and oxygen atoms in total. The first-order valence-corrected chi connectivity index (χ1v) is 7.02. The Kier molecular flexibility index (Phi) is 4.78. The number of anilines is 1. The lowest BCUT2D eigenvalue weighted by Gasteiger charge is -2.15. The van der Waals surface area contributed by atoms with E-state index in [0.29, 0.717) is 5.15 Å². The largest absolute Gasteiger partial charge is 0.368 e. The van der Waals surface area contributed by atoms with Crippen LogP contribution < -0.4 is 5.32 Å². The molecule has 0 atom stereocenters. The monoisotopic (exact) mass is 268 g/mol. The van der Waals surface area contributed by atoms with Gasteiger partial charge in [0.15, 0.2) is 11.0 Å². The van der Waals surface area contributed by atoms with Crippen LogP contribution in [-0.4, -0.2) is 41.3 Å². The van der Waals surface area contributed by atoms with Gasteiger partial charge in [0.1, 0.15) is 0 Å². The van der Waals surface area contributed by atoms with E-state index in [9.17, 15) is 0 Å². The van der Waals surface area contributed by atoms with Gasteiger partial charge in [0.2, 0.25) is 0 Å². The summed E-state index contributed by atoms with van der Waals surface area (Å²) in [4.78, 5) is 2.52. The molecular weight excluding hydrogens is 248 g/mol. The number of halogens is 1. The van der Waals surface area contributed by atoms with E-state index in [2.05, 4.69) is 20.4 Å². The summed E-state index contributed by atoms with van der Waals surface area (Å²) in [5.41, 5.74) is 2.10. The molecule has 1 fully saturated rings. The summed E-state index contributed by atoms with van der Waals surface area (Å²) in [5.74, 6) is 0.860. The third kappa shape index (κ3) is 3.33. The van der Waals surface area contributed by atoms with Crippen molar-refractivity contribution in [3.63, 3.8) is 0 Å². The van der Waals surface area contributed by atoms with Gasteiger partial charge in [-0.25, -0.2) is 0 Å². The molecule has 1 aromatic rings. The van der Waals surface area contributed by atoms with E-state index in [1.807, 2.05) is 13.8 Å². The lowest BCUT2D eigenvalue weighted by atomic mass is 10.2. The Morgan fingerprint density at radius 3 is 2.61 bits per heavy atom. The molecule has 1 N–H and O–H groups in total. The van der Waals surface area contributed by atoms with Crippen LogP contribution in [0.25, 0.3) is 0 Å². The van der Waals surface area contributed by atoms with Gasteiger partial charge in [-0.05, 0) is 63.9 Å². The maximum absolute atomic E-state index is 5.93. The Balaban J connectivity index is 1.77. The Morgan fingerprint density at radius 2 is 1.89 bits per heavy atom. The molecule has 0 unspecified atom stereocenters. The Morgan fingerprint density at radius 1 is 1.17 bits per heavy atom. The average Bonchev–Trinajstić information content (AvgIpc) is 2.87. The van der Waals surface area contributed by atoms with Gasteiger partial charge in [-0.15, -0.1) is 10.2 Å². The molecule has 1 aliphatic heterocycles. The van der Waals surface area contributed by atoms with Crippen LogP contribution >= 0.6 is 11.6 Å². The molecule has 1 aliphatic rings. The highest BCUT2D eigenvalue weighted by atomic mass is 35.5. The fourth-order valence-corrected chi connectivity index (χ4v) is 2.44. The van der Waals surface area contributed by atoms with Crippen LogP contribution in [0, 0.1) is 13.8 Å². The third-order valence-corrected chi connectivity index (χ3v) is 3.97. The standard InChI is InChI=1S/C13H21ClN4/c1-10-11(2)13(17-16-12(10)14)15-6-5-9-18-7-3-4-8-18/h3-9H2,1-2H3,(H,15,17). The predicted molar refractivity (Wildman–Crippen MR) is 75.3 cm³/mol. The van der Waals surface area contributed by atoms with Gasteiger partial charge in [0, 0.05) is 6.54 Å². The predicted octanol–water partition coefficient (Wildman–Crippen LogP) is 2.64. The summed E-state index contributed by atoms with van der Waals surface area (Å²) >= 11 is 5.93. The van der Waals surface area contributed by atoms with Crippen LogP contribution in [-0.2, 0) is 0 Å². The van der Waals surface area contributed by atoms with Gasteiger partial charge in [-0.2, -0.15) is 0 Å². The fraction of sp³-hybridized carbons (Fsp3) is 0.692. The zero-order valence-corrected chi connectivity index (χ0v) is 11.9. The number of nitrogens with one attached hydrogen (secondary N) is 1. The topological polar surface area (TPSA) is 41.1 Å². The van der Waals surface area contributed by atoms with Crippen molar-refractivity contribution in [2.24, 2.45) is 0 Å². The molecule has 1 saturated heterocycles. The smallest absolute Gasteiger partial charge is 0.155 e. The normalized spacial score (nSPS) is 16.2. The van der Waals surface area contributed by atoms with Crippen molar-refractivity contribution < 1.29 is 0 Å². The minimum Gasteiger partial charge on any atom is -0.368 e. The average molecular weight is 269 g/mol. The highest BCUT2D eigenvalue weighted by Crippen LogP contribution is 2.20. The van der Waals surface area contributed by atoms with Crippen molar-refractivity contribution in [1.82, 2.24) is 15.1 Å². The summed E-state index contributed by atoms with van der Waals surface area (Å²) in [6.07, 6.45) is 3.85. The highest BCUT2D eigenvalue weighted by molar-refractivity contribution is 6.30. The van der Waals surface area contributed by atoms with Crippen LogP contribution in [0.1, 0.15) is 30.4 Å². The van der Waals surface area contributed by atoms with E-state index < -0.39 is 0 Å². The van der Waals surface area contributed by atoms with Gasteiger partial charge >= 0.3 is 0 Å². The van der Waals surface area contributed by atoms with Crippen LogP contribution in [0.2, 0.25) is 5.15 Å². The lowest BCUT2D eigenvalue weighted by Crippen LogP contribution is -2.22. The van der Waals surface area contributed by atoms with E-state index >= 15 is 0 Å². The number of rotatable bonds is 5. The second kappa shape index (κ2) is 6.34. The number of nitrogens with zero attached hydrogens (tertiary/aromatic N) is 3. The minimum absolute atomic E-state index is 0.495. The Labute approximate surface area is 114 Å². The summed E-state index contributed by atoms with van der Waals surface area (Å²) < 4.78 is 0. The van der Waals surface area contributed by atoms with Crippen LogP contribution in [0.3, 0.4) is 0 Å². The van der Waals surface area contributed by atoms with Crippen molar-refractivity contribution in [2.75, 3.05) is 31.5 Å². The quantitative estimate of drug-likeness (QED) is 0.834. The second-order valence-corrected chi connectivity index (χ2v) is 5.28. The van der Waals surface area contributed by atoms with Gasteiger partial charge in [0.05, 0.1) is 0 Å². The Bertz CT molecular complexity index is 402. The van der Waals surface area contributed by atoms with Crippen molar-refractivity contribution in [3.05, 3.63) is 16.3 Å². The maximum Gasteiger partial charge on any atom is 0.155 e. The molecule has 0 bridgehead atoms. The van der Waals surface area contributed by atoms with Crippen LogP contribution in [0.4, 0.5) is 5.82 Å². The first-order valence-electron chi connectivity index (χ1n) is 6.64. The van der Waals surface area contributed by atoms with Crippen LogP contribution in [0.5, 0.6) is 0 Å². The van der Waals surface area contributed by atoms with Gasteiger partial charge < -0.3 is 10.2 Å². The van der Waals surface area contributed by atoms with E-state index in [4.69, 9.17) is 11.6 Å². The molecule has 0 saturated carbocycles. The van der Waals surface area contributed by atoms with Crippen molar-refractivity contribution in [3.8, 4) is 0 Å². The first-order chi connectivity index (χ1) is 8.68. The van der Waals surface area contributed by atoms with Crippen molar-refractivity contribution in [1.29, 1.82) is 0 Å². The molecule has 0 amide bonds. The van der Waals surface area contributed by atoms with E-state index in [1.165, 1.54) is 32.5 Å². The molecule has 0 radical (unpaired) electrons. The molecule has 18 heavy (non-hydrogen) atoms. The van der Waals surface area contributed by atoms with Gasteiger partial charge in [-0.3, -0.25) is 0 Å². The van der Waals surface area contributed by atoms with E-state index in [-0.39, 0.29) is 0 Å². The zero-order valence-electron chi connectivity index (χ0n) is 11.2. The summed E-state index contributed by atoms with van der Waals surface area (Å²) in [7, 11) is 0. The molecular formula is C13H21ClN4. The molecule has 0 aromatic carbocycles. The molecule has 100 valence electrons. The van der Waals surface area contributed by atoms with Gasteiger partial charge in [0.25, 0.3) is 0 Å². The second-order valence-electron chi connectivity index (χ2n) is 4.92. The van der Waals surface area contributed by atoms with E-state index in [1.54, 1.807) is 0 Å². The number of likely N-dealkylation sites (tertiary alicyclic amines) is 1. The maximum atomic E-state index is 5.93. The molecule has 0 aliphatic carbocycles. The molecule has 5 heteroatoms. The first kappa shape index (κ1) is 13.6. The zero-order chi connectivity index (χ0) is 13.0. The number of hydrogen-bond acceptors (Lipinski definition) is 4. The molecule has 1 aromatic heterocycles. The summed E-state index contributed by atoms with van der Waals surface area (Å²) in [5, 5.41) is 11.9. The van der Waals surface area contributed by atoms with Crippen LogP contribution in [0.15, 0.2) is 0 Å². The minimum atomic E-state index is 0.495.